The summed E-state index contributed by atoms with van der Waals surface area (Å²) in [5.41, 5.74) is 3.17. The molecule has 4 heterocycles. The first-order valence-electron chi connectivity index (χ1n) is 11.0. The maximum absolute atomic E-state index is 13.4. The number of pyridine rings is 2. The van der Waals surface area contributed by atoms with E-state index in [1.807, 2.05) is 32.9 Å². The summed E-state index contributed by atoms with van der Waals surface area (Å²) in [6.45, 7) is 10.3. The number of anilines is 1. The average molecular weight is 468 g/mol. The van der Waals surface area contributed by atoms with E-state index in [2.05, 4.69) is 11.9 Å². The van der Waals surface area contributed by atoms with Gasteiger partial charge in [0, 0.05) is 22.6 Å². The van der Waals surface area contributed by atoms with E-state index in [0.717, 1.165) is 16.6 Å². The predicted molar refractivity (Wildman–Crippen MR) is 129 cm³/mol. The molecule has 0 saturated carbocycles. The molecule has 0 bridgehead atoms. The molecule has 0 unspecified atom stereocenters. The molecule has 172 valence electrons. The molecule has 2 aliphatic rings. The highest BCUT2D eigenvalue weighted by Crippen LogP contribution is 2.44. The van der Waals surface area contributed by atoms with Gasteiger partial charge in [0.15, 0.2) is 5.75 Å². The van der Waals surface area contributed by atoms with Crippen molar-refractivity contribution in [2.75, 3.05) is 12.4 Å². The van der Waals surface area contributed by atoms with E-state index in [1.54, 1.807) is 17.7 Å². The van der Waals surface area contributed by atoms with E-state index >= 15 is 0 Å². The molecule has 0 saturated heterocycles. The van der Waals surface area contributed by atoms with Crippen LogP contribution in [0.1, 0.15) is 43.9 Å². The van der Waals surface area contributed by atoms with Crippen LogP contribution in [0.2, 0.25) is 5.02 Å². The summed E-state index contributed by atoms with van der Waals surface area (Å²) in [5.74, 6) is 0.821. The van der Waals surface area contributed by atoms with E-state index in [4.69, 9.17) is 26.1 Å². The van der Waals surface area contributed by atoms with Crippen LogP contribution in [0.15, 0.2) is 35.3 Å². The highest BCUT2D eigenvalue weighted by atomic mass is 35.5. The van der Waals surface area contributed by atoms with Crippen LogP contribution in [0, 0.1) is 0 Å². The van der Waals surface area contributed by atoms with Crippen LogP contribution in [-0.2, 0) is 23.5 Å². The molecule has 0 fully saturated rings. The number of nitrogens with one attached hydrogen (secondary N) is 1. The summed E-state index contributed by atoms with van der Waals surface area (Å²) >= 11 is 6.52. The normalized spacial score (nSPS) is 18.7. The van der Waals surface area contributed by atoms with Crippen LogP contribution in [0.5, 0.6) is 5.75 Å². The third-order valence-corrected chi connectivity index (χ3v) is 6.81. The first kappa shape index (κ1) is 21.8. The molecule has 2 aromatic heterocycles. The van der Waals surface area contributed by atoms with E-state index in [9.17, 15) is 9.90 Å². The fourth-order valence-corrected chi connectivity index (χ4v) is 5.09. The third kappa shape index (κ3) is 3.06. The lowest BCUT2D eigenvalue weighted by Gasteiger charge is -2.35. The van der Waals surface area contributed by atoms with Crippen molar-refractivity contribution in [3.63, 3.8) is 0 Å². The van der Waals surface area contributed by atoms with Crippen LogP contribution in [0.3, 0.4) is 0 Å². The van der Waals surface area contributed by atoms with Crippen LogP contribution in [-0.4, -0.2) is 27.8 Å². The van der Waals surface area contributed by atoms with Crippen molar-refractivity contribution in [1.82, 2.24) is 9.55 Å². The molecule has 0 aliphatic carbocycles. The molecule has 5 rings (SSSR count). The van der Waals surface area contributed by atoms with Gasteiger partial charge in [0.25, 0.3) is 5.56 Å². The number of hydrogen-bond acceptors (Lipinski definition) is 6. The number of rotatable bonds is 4. The Hall–Kier alpha value is -3.03. The monoisotopic (exact) mass is 467 g/mol. The minimum atomic E-state index is -1.41. The summed E-state index contributed by atoms with van der Waals surface area (Å²) in [5, 5.41) is 16.0. The number of methoxy groups -OCH3 is 1. The second-order valence-corrected chi connectivity index (χ2v) is 9.27. The lowest BCUT2D eigenvalue weighted by molar-refractivity contribution is -0.0172. The molecule has 1 atom stereocenters. The summed E-state index contributed by atoms with van der Waals surface area (Å²) in [7, 11) is 1.59. The molecule has 2 N–H and O–H groups in total. The number of aliphatic hydroxyl groups is 1. The van der Waals surface area contributed by atoms with E-state index in [-0.39, 0.29) is 24.0 Å². The van der Waals surface area contributed by atoms with Crippen molar-refractivity contribution in [1.29, 1.82) is 0 Å². The molecule has 8 heteroatoms. The first-order valence-corrected chi connectivity index (χ1v) is 11.4. The predicted octanol–water partition coefficient (Wildman–Crippen LogP) is 4.55. The Bertz CT molecular complexity index is 1400. The Morgan fingerprint density at radius 3 is 2.82 bits per heavy atom. The number of benzene rings is 1. The van der Waals surface area contributed by atoms with Gasteiger partial charge < -0.3 is 24.5 Å². The Kier molecular flexibility index (Phi) is 4.95. The number of aromatic nitrogens is 2. The van der Waals surface area contributed by atoms with Gasteiger partial charge in [-0.3, -0.25) is 4.79 Å². The molecule has 33 heavy (non-hydrogen) atoms. The molecule has 2 aliphatic heterocycles. The standard InChI is InChI=1S/C25H26ClN3O4/c1-6-25(31)13(4)33-11-16-17(25)8-20-21-14(10-29(20)24(16)30)7-15-19(28-21)9-18(26)23(32-5)22(15)27-12(2)3/h7-9,12,27,31H,4,6,10-11H2,1-3,5H3/t25-/m1/s1. The van der Waals surface area contributed by atoms with Crippen molar-refractivity contribution < 1.29 is 14.6 Å². The topological polar surface area (TPSA) is 85.6 Å². The summed E-state index contributed by atoms with van der Waals surface area (Å²) < 4.78 is 12.8. The highest BCUT2D eigenvalue weighted by Gasteiger charge is 2.41. The summed E-state index contributed by atoms with van der Waals surface area (Å²) in [6, 6.07) is 5.82. The fourth-order valence-electron chi connectivity index (χ4n) is 4.82. The van der Waals surface area contributed by atoms with Gasteiger partial charge >= 0.3 is 0 Å². The van der Waals surface area contributed by atoms with Gasteiger partial charge in [0.05, 0.1) is 46.8 Å². The average Bonchev–Trinajstić information content (AvgIpc) is 3.13. The second kappa shape index (κ2) is 7.50. The summed E-state index contributed by atoms with van der Waals surface area (Å²) in [4.78, 5) is 18.3. The number of nitrogens with zero attached hydrogens (tertiary/aromatic N) is 2. The third-order valence-electron chi connectivity index (χ3n) is 6.53. The number of halogens is 1. The molecule has 7 nitrogen and oxygen atoms in total. The number of fused-ring (bicyclic) bond motifs is 5. The van der Waals surface area contributed by atoms with E-state index in [0.29, 0.717) is 51.8 Å². The largest absolute Gasteiger partial charge is 0.493 e. The zero-order valence-electron chi connectivity index (χ0n) is 19.1. The maximum Gasteiger partial charge on any atom is 0.258 e. The Morgan fingerprint density at radius 1 is 1.39 bits per heavy atom. The molecular weight excluding hydrogens is 442 g/mol. The Labute approximate surface area is 196 Å². The highest BCUT2D eigenvalue weighted by molar-refractivity contribution is 6.33. The molecule has 0 amide bonds. The van der Waals surface area contributed by atoms with Crippen molar-refractivity contribution in [2.45, 2.75) is 52.0 Å². The van der Waals surface area contributed by atoms with Gasteiger partial charge in [0.1, 0.15) is 18.0 Å². The van der Waals surface area contributed by atoms with Gasteiger partial charge in [-0.15, -0.1) is 0 Å². The van der Waals surface area contributed by atoms with Crippen molar-refractivity contribution >= 4 is 28.2 Å². The number of hydrogen-bond donors (Lipinski definition) is 2. The first-order chi connectivity index (χ1) is 15.7. The number of ether oxygens (including phenoxy) is 2. The SMILES string of the molecule is C=C1OCc2c(cc3n(c2=O)Cc2cc4c(NC(C)C)c(OC)c(Cl)cc4nc2-3)[C@@]1(O)CC. The molecule has 3 aromatic rings. The van der Waals surface area contributed by atoms with Crippen LogP contribution < -0.4 is 15.6 Å². The zero-order chi connectivity index (χ0) is 23.7. The van der Waals surface area contributed by atoms with Crippen molar-refractivity contribution in [2.24, 2.45) is 0 Å². The van der Waals surface area contributed by atoms with E-state index in [1.165, 1.54) is 0 Å². The maximum atomic E-state index is 13.4. The van der Waals surface area contributed by atoms with Crippen LogP contribution in [0.4, 0.5) is 5.69 Å². The van der Waals surface area contributed by atoms with Crippen LogP contribution in [0.25, 0.3) is 22.3 Å². The molecule has 0 radical (unpaired) electrons. The smallest absolute Gasteiger partial charge is 0.258 e. The second-order valence-electron chi connectivity index (χ2n) is 8.87. The van der Waals surface area contributed by atoms with Gasteiger partial charge in [-0.25, -0.2) is 4.98 Å². The quantitative estimate of drug-likeness (QED) is 0.458. The Morgan fingerprint density at radius 2 is 2.15 bits per heavy atom. The molecule has 1 aromatic carbocycles. The van der Waals surface area contributed by atoms with Gasteiger partial charge in [-0.05, 0) is 38.5 Å². The van der Waals surface area contributed by atoms with E-state index < -0.39 is 5.60 Å². The van der Waals surface area contributed by atoms with Crippen LogP contribution >= 0.6 is 11.6 Å². The van der Waals surface area contributed by atoms with Crippen molar-refractivity contribution in [3.05, 3.63) is 62.6 Å². The summed E-state index contributed by atoms with van der Waals surface area (Å²) in [6.07, 6.45) is 0.347. The van der Waals surface area contributed by atoms with Crippen molar-refractivity contribution in [3.8, 4) is 17.1 Å². The fraction of sp³-hybridized carbons (Fsp3) is 0.360. The molecular formula is C25H26ClN3O4. The van der Waals surface area contributed by atoms with Gasteiger partial charge in [0.2, 0.25) is 0 Å². The lowest BCUT2D eigenvalue weighted by atomic mass is 9.84. The minimum absolute atomic E-state index is 0.0939. The lowest BCUT2D eigenvalue weighted by Crippen LogP contribution is -2.38. The zero-order valence-corrected chi connectivity index (χ0v) is 19.8. The van der Waals surface area contributed by atoms with Gasteiger partial charge in [-0.2, -0.15) is 0 Å². The Balaban J connectivity index is 1.77. The van der Waals surface area contributed by atoms with Gasteiger partial charge in [-0.1, -0.05) is 25.1 Å². The molecule has 0 spiro atoms. The minimum Gasteiger partial charge on any atom is -0.493 e.